The average Bonchev–Trinajstić information content (AvgIpc) is 2.69. The molecular formula is C19H23F2N5O. The Kier molecular flexibility index (Phi) is 6.21. The van der Waals surface area contributed by atoms with Crippen LogP contribution in [0.15, 0.2) is 47.7 Å². The number of hydrogen-bond acceptors (Lipinski definition) is 4. The summed E-state index contributed by atoms with van der Waals surface area (Å²) in [6, 6.07) is 3.06. The number of guanidine groups is 1. The van der Waals surface area contributed by atoms with Crippen molar-refractivity contribution in [2.45, 2.75) is 6.92 Å². The van der Waals surface area contributed by atoms with Crippen LogP contribution in [-0.4, -0.2) is 66.7 Å². The number of allylic oxidation sites excluding steroid dienone is 2. The van der Waals surface area contributed by atoms with Gasteiger partial charge in [-0.15, -0.1) is 0 Å². The van der Waals surface area contributed by atoms with E-state index in [0.717, 1.165) is 5.82 Å². The van der Waals surface area contributed by atoms with Crippen molar-refractivity contribution in [2.24, 2.45) is 0 Å². The fraction of sp³-hybridized carbons (Fsp3) is 0.421. The molecule has 3 rings (SSSR count). The zero-order valence-corrected chi connectivity index (χ0v) is 15.3. The summed E-state index contributed by atoms with van der Waals surface area (Å²) in [5.74, 6) is 0.319. The fourth-order valence-corrected chi connectivity index (χ4v) is 2.99. The van der Waals surface area contributed by atoms with Gasteiger partial charge in [-0.05, 0) is 25.1 Å². The molecule has 0 amide bonds. The van der Waals surface area contributed by atoms with Crippen molar-refractivity contribution in [1.82, 2.24) is 14.8 Å². The molecule has 0 atom stereocenters. The average molecular weight is 375 g/mol. The van der Waals surface area contributed by atoms with Crippen molar-refractivity contribution in [2.75, 3.05) is 50.8 Å². The van der Waals surface area contributed by atoms with Crippen LogP contribution in [0.3, 0.4) is 0 Å². The van der Waals surface area contributed by atoms with Crippen molar-refractivity contribution < 1.29 is 13.5 Å². The Labute approximate surface area is 157 Å². The Morgan fingerprint density at radius 1 is 1.19 bits per heavy atom. The molecule has 0 bridgehead atoms. The van der Waals surface area contributed by atoms with Crippen LogP contribution >= 0.6 is 0 Å². The minimum absolute atomic E-state index is 0.202. The van der Waals surface area contributed by atoms with E-state index in [0.29, 0.717) is 51.0 Å². The number of nitrogens with one attached hydrogen (secondary N) is 1. The highest BCUT2D eigenvalue weighted by molar-refractivity contribution is 5.79. The van der Waals surface area contributed by atoms with Crippen LogP contribution in [0.2, 0.25) is 0 Å². The lowest BCUT2D eigenvalue weighted by molar-refractivity contribution is 0.146. The molecule has 3 heterocycles. The van der Waals surface area contributed by atoms with Crippen LogP contribution in [0, 0.1) is 11.2 Å². The molecule has 0 saturated carbocycles. The molecule has 1 fully saturated rings. The van der Waals surface area contributed by atoms with E-state index in [-0.39, 0.29) is 12.4 Å². The number of rotatable bonds is 1. The molecule has 8 heteroatoms. The first kappa shape index (κ1) is 19.1. The molecule has 1 saturated heterocycles. The van der Waals surface area contributed by atoms with Crippen molar-refractivity contribution in [3.63, 3.8) is 0 Å². The number of nitrogens with zero attached hydrogens (tertiary/aromatic N) is 4. The van der Waals surface area contributed by atoms with Crippen LogP contribution in [0.5, 0.6) is 0 Å². The van der Waals surface area contributed by atoms with Gasteiger partial charge in [0.2, 0.25) is 0 Å². The number of pyridine rings is 1. The third-order valence-corrected chi connectivity index (χ3v) is 4.55. The Hall–Kier alpha value is -2.70. The summed E-state index contributed by atoms with van der Waals surface area (Å²) in [5.41, 5.74) is 3.57. The van der Waals surface area contributed by atoms with Crippen molar-refractivity contribution in [1.29, 1.82) is 5.41 Å². The van der Waals surface area contributed by atoms with E-state index >= 15 is 0 Å². The minimum atomic E-state index is -0.400. The number of piperazine rings is 1. The summed E-state index contributed by atoms with van der Waals surface area (Å²) in [5, 5.41) is 8.58. The molecule has 1 aromatic heterocycles. The van der Waals surface area contributed by atoms with Gasteiger partial charge >= 0.3 is 0 Å². The largest absolute Gasteiger partial charge is 0.375 e. The first-order valence-electron chi connectivity index (χ1n) is 8.89. The van der Waals surface area contributed by atoms with E-state index in [1.165, 1.54) is 24.4 Å². The van der Waals surface area contributed by atoms with Gasteiger partial charge in [0, 0.05) is 38.8 Å². The van der Waals surface area contributed by atoms with E-state index < -0.39 is 5.83 Å². The Morgan fingerprint density at radius 2 is 1.96 bits per heavy atom. The summed E-state index contributed by atoms with van der Waals surface area (Å²) in [6.45, 7) is 5.54. The molecule has 6 nitrogen and oxygen atoms in total. The van der Waals surface area contributed by atoms with Crippen LogP contribution in [0.25, 0.3) is 0 Å². The quantitative estimate of drug-likeness (QED) is 0.464. The molecule has 0 aromatic carbocycles. The van der Waals surface area contributed by atoms with Gasteiger partial charge < -0.3 is 19.4 Å². The molecule has 0 unspecified atom stereocenters. The van der Waals surface area contributed by atoms with Gasteiger partial charge in [-0.2, -0.15) is 0 Å². The highest BCUT2D eigenvalue weighted by atomic mass is 19.1. The van der Waals surface area contributed by atoms with Gasteiger partial charge in [0.25, 0.3) is 0 Å². The van der Waals surface area contributed by atoms with Crippen LogP contribution in [-0.2, 0) is 4.74 Å². The summed E-state index contributed by atoms with van der Waals surface area (Å²) < 4.78 is 32.0. The molecule has 27 heavy (non-hydrogen) atoms. The highest BCUT2D eigenvalue weighted by Gasteiger charge is 2.24. The van der Waals surface area contributed by atoms with Crippen molar-refractivity contribution in [3.05, 3.63) is 53.6 Å². The number of halogens is 2. The topological polar surface area (TPSA) is 55.7 Å². The summed E-state index contributed by atoms with van der Waals surface area (Å²) in [4.78, 5) is 9.92. The normalized spacial score (nSPS) is 20.8. The summed E-state index contributed by atoms with van der Waals surface area (Å²) in [7, 11) is 0. The zero-order valence-electron chi connectivity index (χ0n) is 15.3. The Balaban J connectivity index is 1.66. The molecule has 2 aliphatic rings. The van der Waals surface area contributed by atoms with Crippen LogP contribution in [0.4, 0.5) is 14.6 Å². The maximum absolute atomic E-state index is 13.6. The first-order chi connectivity index (χ1) is 13.0. The van der Waals surface area contributed by atoms with E-state index in [4.69, 9.17) is 10.1 Å². The van der Waals surface area contributed by atoms with Crippen molar-refractivity contribution in [3.8, 4) is 0 Å². The van der Waals surface area contributed by atoms with E-state index in [1.807, 2.05) is 4.90 Å². The third-order valence-electron chi connectivity index (χ3n) is 4.55. The maximum atomic E-state index is 13.6. The maximum Gasteiger partial charge on any atom is 0.198 e. The number of aromatic nitrogens is 1. The smallest absolute Gasteiger partial charge is 0.198 e. The predicted octanol–water partition coefficient (Wildman–Crippen LogP) is 2.52. The van der Waals surface area contributed by atoms with Crippen LogP contribution in [0.1, 0.15) is 6.92 Å². The molecule has 1 N–H and O–H groups in total. The lowest BCUT2D eigenvalue weighted by atomic mass is 10.3. The molecule has 0 aliphatic carbocycles. The second kappa shape index (κ2) is 8.79. The number of anilines is 1. The molecule has 0 spiro atoms. The summed E-state index contributed by atoms with van der Waals surface area (Å²) >= 11 is 0. The second-order valence-corrected chi connectivity index (χ2v) is 6.32. The van der Waals surface area contributed by atoms with Crippen LogP contribution < -0.4 is 4.90 Å². The van der Waals surface area contributed by atoms with Gasteiger partial charge in [-0.25, -0.2) is 13.8 Å². The van der Waals surface area contributed by atoms with Gasteiger partial charge in [-0.1, -0.05) is 5.73 Å². The zero-order chi connectivity index (χ0) is 19.2. The minimum Gasteiger partial charge on any atom is -0.375 e. The van der Waals surface area contributed by atoms with Gasteiger partial charge in [0.05, 0.1) is 25.1 Å². The summed E-state index contributed by atoms with van der Waals surface area (Å²) in [6.07, 6.45) is 3.84. The first-order valence-corrected chi connectivity index (χ1v) is 8.89. The Morgan fingerprint density at radius 3 is 2.67 bits per heavy atom. The lowest BCUT2D eigenvalue weighted by Crippen LogP contribution is -2.53. The third kappa shape index (κ3) is 4.93. The number of hydrogen-bond donors (Lipinski definition) is 1. The van der Waals surface area contributed by atoms with E-state index in [2.05, 4.69) is 15.6 Å². The van der Waals surface area contributed by atoms with E-state index in [1.54, 1.807) is 17.9 Å². The molecule has 2 aliphatic heterocycles. The van der Waals surface area contributed by atoms with E-state index in [9.17, 15) is 8.78 Å². The highest BCUT2D eigenvalue weighted by Crippen LogP contribution is 2.16. The lowest BCUT2D eigenvalue weighted by Gasteiger charge is -2.39. The molecular weight excluding hydrogens is 352 g/mol. The number of ether oxygens (including phenoxy) is 1. The van der Waals surface area contributed by atoms with Crippen molar-refractivity contribution >= 4 is 11.8 Å². The fourth-order valence-electron chi connectivity index (χ4n) is 2.99. The molecule has 144 valence electrons. The van der Waals surface area contributed by atoms with Gasteiger partial charge in [-0.3, -0.25) is 5.41 Å². The Bertz CT molecular complexity index is 763. The van der Waals surface area contributed by atoms with Gasteiger partial charge in [0.1, 0.15) is 17.5 Å². The molecule has 0 radical (unpaired) electrons. The SMILES string of the molecule is CC1=C=C/C(F)=C\COCCN1C(=N)N1CCN(c2ccc(F)cn2)CC1. The predicted molar refractivity (Wildman–Crippen MR) is 99.7 cm³/mol. The second-order valence-electron chi connectivity index (χ2n) is 6.32. The monoisotopic (exact) mass is 375 g/mol. The van der Waals surface area contributed by atoms with Gasteiger partial charge in [0.15, 0.2) is 5.96 Å². The standard InChI is InChI=1S/C19H23F2N5O/c1-15-2-3-16(20)6-12-27-13-11-26(15)19(22)25-9-7-24(8-10-25)18-5-4-17(21)14-23-18/h3-6,14,22H,7-13H2,1H3/b16-6+,22-19?. The molecule has 1 aromatic rings.